The van der Waals surface area contributed by atoms with E-state index in [2.05, 4.69) is 6.21 Å². The summed E-state index contributed by atoms with van der Waals surface area (Å²) >= 11 is 0. The zero-order valence-electron chi connectivity index (χ0n) is 18.4. The number of hydrogen-bond donors (Lipinski definition) is 2. The molecule has 0 saturated heterocycles. The molecule has 0 unspecified atom stereocenters. The lowest BCUT2D eigenvalue weighted by Crippen LogP contribution is -2.76. The molecular weight excluding hydrogens is 386 g/mol. The average Bonchev–Trinajstić information content (AvgIpc) is 3.14. The minimum Gasteiger partial charge on any atom is -0.386 e. The summed E-state index contributed by atoms with van der Waals surface area (Å²) in [5, 5.41) is 24.7. The van der Waals surface area contributed by atoms with E-state index in [0.29, 0.717) is 19.4 Å². The molecule has 1 aliphatic heterocycles. The monoisotopic (exact) mass is 421 g/mol. The molecular formula is C23H35NO6. The third kappa shape index (κ3) is 1.83. The Bertz CT molecular complexity index is 777. The van der Waals surface area contributed by atoms with Gasteiger partial charge in [-0.2, -0.15) is 0 Å². The van der Waals surface area contributed by atoms with Crippen molar-refractivity contribution in [2.24, 2.45) is 39.5 Å². The van der Waals surface area contributed by atoms with Crippen molar-refractivity contribution >= 4 is 6.21 Å². The van der Waals surface area contributed by atoms with E-state index in [9.17, 15) is 10.2 Å². The molecule has 7 nitrogen and oxygen atoms in total. The van der Waals surface area contributed by atoms with E-state index in [1.807, 2.05) is 0 Å². The van der Waals surface area contributed by atoms with Gasteiger partial charge in [-0.3, -0.25) is 4.99 Å². The fraction of sp³-hybridized carbons (Fsp3) is 0.957. The zero-order chi connectivity index (χ0) is 21.1. The second-order valence-electron chi connectivity index (χ2n) is 10.9. The number of hydrogen-bond acceptors (Lipinski definition) is 7. The molecule has 1 spiro atoms. The quantitative estimate of drug-likeness (QED) is 0.690. The van der Waals surface area contributed by atoms with Crippen molar-refractivity contribution in [2.75, 3.05) is 35.0 Å². The number of ether oxygens (including phenoxy) is 4. The van der Waals surface area contributed by atoms with Gasteiger partial charge < -0.3 is 29.2 Å². The minimum absolute atomic E-state index is 0.0105. The van der Waals surface area contributed by atoms with E-state index in [4.69, 9.17) is 23.9 Å². The highest BCUT2D eigenvalue weighted by Crippen LogP contribution is 2.79. The second kappa shape index (κ2) is 6.06. The summed E-state index contributed by atoms with van der Waals surface area (Å²) < 4.78 is 23.8. The third-order valence-corrected chi connectivity index (χ3v) is 10.6. The van der Waals surface area contributed by atoms with Gasteiger partial charge in [0.2, 0.25) is 0 Å². The first-order valence-electron chi connectivity index (χ1n) is 11.4. The van der Waals surface area contributed by atoms with E-state index >= 15 is 0 Å². The van der Waals surface area contributed by atoms with E-state index in [1.165, 1.54) is 0 Å². The average molecular weight is 422 g/mol. The lowest BCUT2D eigenvalue weighted by Gasteiger charge is -2.65. The van der Waals surface area contributed by atoms with Gasteiger partial charge in [-0.1, -0.05) is 0 Å². The molecule has 30 heavy (non-hydrogen) atoms. The van der Waals surface area contributed by atoms with Crippen LogP contribution in [-0.2, 0) is 18.9 Å². The van der Waals surface area contributed by atoms with Crippen molar-refractivity contribution < 1.29 is 29.2 Å². The first-order chi connectivity index (χ1) is 14.4. The highest BCUT2D eigenvalue weighted by atomic mass is 16.5. The lowest BCUT2D eigenvalue weighted by molar-refractivity contribution is -0.283. The number of nitrogens with zero attached hydrogens (tertiary/aromatic N) is 1. The van der Waals surface area contributed by atoms with Crippen molar-refractivity contribution in [1.82, 2.24) is 0 Å². The van der Waals surface area contributed by atoms with Crippen LogP contribution in [0.3, 0.4) is 0 Å². The molecule has 0 radical (unpaired) electrons. The van der Waals surface area contributed by atoms with Gasteiger partial charge in [0.15, 0.2) is 0 Å². The van der Waals surface area contributed by atoms with Gasteiger partial charge in [-0.25, -0.2) is 0 Å². The van der Waals surface area contributed by atoms with Crippen LogP contribution in [0.5, 0.6) is 0 Å². The predicted octanol–water partition coefficient (Wildman–Crippen LogP) is 1.05. The van der Waals surface area contributed by atoms with E-state index in [0.717, 1.165) is 19.3 Å². The molecule has 0 aromatic rings. The Hall–Kier alpha value is -0.570. The van der Waals surface area contributed by atoms with Crippen LogP contribution in [0.15, 0.2) is 4.99 Å². The predicted molar refractivity (Wildman–Crippen MR) is 108 cm³/mol. The van der Waals surface area contributed by atoms with Crippen LogP contribution in [-0.4, -0.2) is 87.0 Å². The molecule has 6 rings (SSSR count). The first-order valence-corrected chi connectivity index (χ1v) is 11.4. The lowest BCUT2D eigenvalue weighted by atomic mass is 9.44. The standard InChI is InChI=1S/C23H35NO6/c1-27-11-20-6-5-16(29-3)23-13-7-12-14(28-2)8-21(25,17(13)18(12)30-4)22(26,9-15(20)23)19(23)24-10-20/h10,12-19,25-26H,5-9,11H2,1-4H3/t12-,13-,14+,15-,16+,17-,18+,19-,20+,21-,22-,23-/m1/s1. The number of methoxy groups -OCH3 is 4. The highest BCUT2D eigenvalue weighted by Gasteiger charge is 2.87. The summed E-state index contributed by atoms with van der Waals surface area (Å²) in [6.45, 7) is 0.593. The molecule has 2 N–H and O–H groups in total. The van der Waals surface area contributed by atoms with Crippen LogP contribution < -0.4 is 0 Å². The van der Waals surface area contributed by atoms with Gasteiger partial charge in [-0.05, 0) is 37.5 Å². The fourth-order valence-electron chi connectivity index (χ4n) is 9.86. The smallest absolute Gasteiger partial charge is 0.117 e. The van der Waals surface area contributed by atoms with Gasteiger partial charge >= 0.3 is 0 Å². The maximum absolute atomic E-state index is 12.4. The molecule has 5 saturated carbocycles. The molecule has 6 aliphatic rings. The normalized spacial score (nSPS) is 62.1. The Morgan fingerprint density at radius 1 is 1.03 bits per heavy atom. The summed E-state index contributed by atoms with van der Waals surface area (Å²) in [7, 11) is 6.99. The Morgan fingerprint density at radius 3 is 2.50 bits per heavy atom. The highest BCUT2D eigenvalue weighted by molar-refractivity contribution is 5.71. The molecule has 0 amide bonds. The van der Waals surface area contributed by atoms with Gasteiger partial charge in [0, 0.05) is 63.7 Å². The van der Waals surface area contributed by atoms with Crippen LogP contribution in [0.2, 0.25) is 0 Å². The minimum atomic E-state index is -1.31. The van der Waals surface area contributed by atoms with Crippen molar-refractivity contribution in [2.45, 2.75) is 67.7 Å². The molecule has 7 bridgehead atoms. The molecule has 1 heterocycles. The van der Waals surface area contributed by atoms with Crippen LogP contribution in [0.4, 0.5) is 0 Å². The van der Waals surface area contributed by atoms with Crippen molar-refractivity contribution in [3.63, 3.8) is 0 Å². The largest absolute Gasteiger partial charge is 0.386 e. The summed E-state index contributed by atoms with van der Waals surface area (Å²) in [5.41, 5.74) is -3.10. The molecule has 5 fully saturated rings. The van der Waals surface area contributed by atoms with Gasteiger partial charge in [-0.15, -0.1) is 0 Å². The third-order valence-electron chi connectivity index (χ3n) is 10.6. The molecule has 168 valence electrons. The van der Waals surface area contributed by atoms with Crippen molar-refractivity contribution in [3.05, 3.63) is 0 Å². The van der Waals surface area contributed by atoms with E-state index < -0.39 is 11.2 Å². The van der Waals surface area contributed by atoms with Gasteiger partial charge in [0.25, 0.3) is 0 Å². The summed E-state index contributed by atoms with van der Waals surface area (Å²) in [5.74, 6) is 0.436. The van der Waals surface area contributed by atoms with Crippen LogP contribution in [0.1, 0.15) is 32.1 Å². The van der Waals surface area contributed by atoms with E-state index in [-0.39, 0.29) is 58.9 Å². The maximum atomic E-state index is 12.4. The van der Waals surface area contributed by atoms with Crippen LogP contribution in [0.25, 0.3) is 0 Å². The Morgan fingerprint density at radius 2 is 1.83 bits per heavy atom. The Labute approximate surface area is 178 Å². The maximum Gasteiger partial charge on any atom is 0.117 e. The van der Waals surface area contributed by atoms with E-state index in [1.54, 1.807) is 28.4 Å². The van der Waals surface area contributed by atoms with Crippen molar-refractivity contribution in [3.8, 4) is 0 Å². The van der Waals surface area contributed by atoms with Gasteiger partial charge in [0.05, 0.1) is 31.0 Å². The summed E-state index contributed by atoms with van der Waals surface area (Å²) in [6, 6.07) is -0.358. The Balaban J connectivity index is 1.61. The molecule has 7 heteroatoms. The second-order valence-corrected chi connectivity index (χ2v) is 10.9. The van der Waals surface area contributed by atoms with Gasteiger partial charge in [0.1, 0.15) is 11.2 Å². The number of fused-ring (bicyclic) bond motifs is 2. The molecule has 5 aliphatic carbocycles. The number of aliphatic hydroxyl groups is 2. The summed E-state index contributed by atoms with van der Waals surface area (Å²) in [4.78, 5) is 5.06. The summed E-state index contributed by atoms with van der Waals surface area (Å²) in [6.07, 6.45) is 5.58. The number of aliphatic imine (C=N–C) groups is 1. The van der Waals surface area contributed by atoms with Crippen molar-refractivity contribution in [1.29, 1.82) is 0 Å². The molecule has 12 atom stereocenters. The zero-order valence-corrected chi connectivity index (χ0v) is 18.4. The fourth-order valence-corrected chi connectivity index (χ4v) is 9.86. The molecule has 0 aromatic heterocycles. The SMILES string of the molecule is COC[C@@]12C=N[C@H]3[C@]4([C@@H](OC)CC1)[C@@H]1C[C@H]5[C@H](OC)[C@@H]1[C@](O)(C[C@@H]5OC)[C@@]3(O)C[C@H]24. The van der Waals surface area contributed by atoms with Crippen LogP contribution >= 0.6 is 0 Å². The molecule has 0 aromatic carbocycles. The number of rotatable bonds is 5. The first kappa shape index (κ1) is 20.1. The van der Waals surface area contributed by atoms with Crippen LogP contribution in [0, 0.1) is 34.5 Å². The topological polar surface area (TPSA) is 89.7 Å². The Kier molecular flexibility index (Phi) is 4.05.